The zero-order valence-electron chi connectivity index (χ0n) is 14.6. The van der Waals surface area contributed by atoms with Crippen LogP contribution in [0, 0.1) is 0 Å². The van der Waals surface area contributed by atoms with E-state index < -0.39 is 6.10 Å². The predicted molar refractivity (Wildman–Crippen MR) is 90.3 cm³/mol. The van der Waals surface area contributed by atoms with Crippen LogP contribution >= 0.6 is 0 Å². The average molecular weight is 309 g/mol. The Balaban J connectivity index is 2.57. The number of nitrogens with zero attached hydrogens (tertiary/aromatic N) is 1. The Kier molecular flexibility index (Phi) is 7.87. The summed E-state index contributed by atoms with van der Waals surface area (Å²) >= 11 is 0. The molecule has 1 N–H and O–H groups in total. The molecule has 1 atom stereocenters. The molecule has 0 aromatic heterocycles. The van der Waals surface area contributed by atoms with E-state index in [9.17, 15) is 5.11 Å². The lowest BCUT2D eigenvalue weighted by molar-refractivity contribution is -0.0566. The molecule has 126 valence electrons. The van der Waals surface area contributed by atoms with Crippen molar-refractivity contribution in [1.82, 2.24) is 4.90 Å². The van der Waals surface area contributed by atoms with E-state index in [1.165, 1.54) is 5.56 Å². The molecule has 22 heavy (non-hydrogen) atoms. The van der Waals surface area contributed by atoms with Crippen molar-refractivity contribution in [1.29, 1.82) is 0 Å². The lowest BCUT2D eigenvalue weighted by Gasteiger charge is -2.27. The minimum Gasteiger partial charge on any atom is -0.497 e. The van der Waals surface area contributed by atoms with Crippen molar-refractivity contribution >= 4 is 0 Å². The van der Waals surface area contributed by atoms with Crippen molar-refractivity contribution in [3.05, 3.63) is 29.8 Å². The highest BCUT2D eigenvalue weighted by molar-refractivity contribution is 5.28. The minimum atomic E-state index is -0.476. The normalized spacial score (nSPS) is 13.4. The number of aliphatic hydroxyl groups is 1. The molecule has 1 aromatic carbocycles. The van der Waals surface area contributed by atoms with Crippen molar-refractivity contribution in [2.45, 2.75) is 52.4 Å². The van der Waals surface area contributed by atoms with Crippen LogP contribution in [0.25, 0.3) is 0 Å². The monoisotopic (exact) mass is 309 g/mol. The molecule has 0 bridgehead atoms. The summed E-state index contributed by atoms with van der Waals surface area (Å²) in [5.74, 6) is 0.866. The van der Waals surface area contributed by atoms with Gasteiger partial charge in [-0.2, -0.15) is 0 Å². The van der Waals surface area contributed by atoms with Crippen molar-refractivity contribution < 1.29 is 14.6 Å². The summed E-state index contributed by atoms with van der Waals surface area (Å²) in [7, 11) is 1.68. The van der Waals surface area contributed by atoms with Crippen LogP contribution in [0.15, 0.2) is 24.3 Å². The van der Waals surface area contributed by atoms with Gasteiger partial charge < -0.3 is 14.6 Å². The minimum absolute atomic E-state index is 0.219. The fourth-order valence-electron chi connectivity index (χ4n) is 2.28. The summed E-state index contributed by atoms with van der Waals surface area (Å²) in [6, 6.07) is 8.07. The second-order valence-corrected chi connectivity index (χ2v) is 6.66. The molecule has 0 unspecified atom stereocenters. The third-order valence-corrected chi connectivity index (χ3v) is 3.26. The second kappa shape index (κ2) is 9.13. The highest BCUT2D eigenvalue weighted by Gasteiger charge is 2.16. The van der Waals surface area contributed by atoms with Gasteiger partial charge in [-0.05, 0) is 51.4 Å². The topological polar surface area (TPSA) is 41.9 Å². The van der Waals surface area contributed by atoms with Crippen molar-refractivity contribution in [2.75, 3.05) is 26.8 Å². The second-order valence-electron chi connectivity index (χ2n) is 6.66. The first kappa shape index (κ1) is 18.9. The first-order valence-corrected chi connectivity index (χ1v) is 8.01. The summed E-state index contributed by atoms with van der Waals surface area (Å²) in [6.45, 7) is 10.9. The summed E-state index contributed by atoms with van der Waals surface area (Å²) in [5.41, 5.74) is 0.973. The fourth-order valence-corrected chi connectivity index (χ4v) is 2.28. The first-order valence-electron chi connectivity index (χ1n) is 8.01. The summed E-state index contributed by atoms with van der Waals surface area (Å²) < 4.78 is 10.9. The maximum atomic E-state index is 10.2. The number of ether oxygens (including phenoxy) is 2. The van der Waals surface area contributed by atoms with E-state index >= 15 is 0 Å². The van der Waals surface area contributed by atoms with E-state index in [0.29, 0.717) is 13.2 Å². The van der Waals surface area contributed by atoms with Crippen molar-refractivity contribution in [3.63, 3.8) is 0 Å². The van der Waals surface area contributed by atoms with E-state index in [-0.39, 0.29) is 5.60 Å². The smallest absolute Gasteiger partial charge is 0.119 e. The van der Waals surface area contributed by atoms with E-state index in [1.54, 1.807) is 7.11 Å². The molecular formula is C18H31NO3. The Hall–Kier alpha value is -1.10. The molecular weight excluding hydrogens is 278 g/mol. The standard InChI is InChI=1S/C18H31NO3/c1-6-10-19(13-16(20)14-22-18(2,3)4)12-15-8-7-9-17(11-15)21-5/h7-9,11,16,20H,6,10,12-14H2,1-5H3/t16-/m0/s1. The van der Waals surface area contributed by atoms with E-state index in [2.05, 4.69) is 17.9 Å². The Bertz CT molecular complexity index is 429. The van der Waals surface area contributed by atoms with Crippen LogP contribution in [0.1, 0.15) is 39.7 Å². The lowest BCUT2D eigenvalue weighted by Crippen LogP contribution is -2.37. The van der Waals surface area contributed by atoms with Crippen LogP contribution in [-0.2, 0) is 11.3 Å². The van der Waals surface area contributed by atoms with Gasteiger partial charge in [-0.15, -0.1) is 0 Å². The van der Waals surface area contributed by atoms with Gasteiger partial charge in [0, 0.05) is 13.1 Å². The molecule has 0 heterocycles. The van der Waals surface area contributed by atoms with Gasteiger partial charge in [-0.1, -0.05) is 19.1 Å². The molecule has 0 saturated carbocycles. The zero-order valence-corrected chi connectivity index (χ0v) is 14.6. The predicted octanol–water partition coefficient (Wildman–Crippen LogP) is 3.08. The zero-order chi connectivity index (χ0) is 16.6. The van der Waals surface area contributed by atoms with Crippen molar-refractivity contribution in [2.24, 2.45) is 0 Å². The Morgan fingerprint density at radius 2 is 2.00 bits per heavy atom. The van der Waals surface area contributed by atoms with Gasteiger partial charge in [0.25, 0.3) is 0 Å². The molecule has 0 saturated heterocycles. The third kappa shape index (κ3) is 7.78. The largest absolute Gasteiger partial charge is 0.497 e. The van der Waals surface area contributed by atoms with Crippen LogP contribution in [-0.4, -0.2) is 48.5 Å². The SMILES string of the molecule is CCCN(Cc1cccc(OC)c1)C[C@H](O)COC(C)(C)C. The Morgan fingerprint density at radius 3 is 2.59 bits per heavy atom. The first-order chi connectivity index (χ1) is 10.3. The molecule has 1 rings (SSSR count). The van der Waals surface area contributed by atoms with Crippen LogP contribution < -0.4 is 4.74 Å². The molecule has 0 amide bonds. The molecule has 1 aromatic rings. The number of benzene rings is 1. The van der Waals surface area contributed by atoms with Gasteiger partial charge in [0.1, 0.15) is 5.75 Å². The highest BCUT2D eigenvalue weighted by atomic mass is 16.5. The van der Waals surface area contributed by atoms with Gasteiger partial charge in [0.15, 0.2) is 0 Å². The third-order valence-electron chi connectivity index (χ3n) is 3.26. The summed E-state index contributed by atoms with van der Waals surface area (Å²) in [6.07, 6.45) is 0.577. The molecule has 0 aliphatic carbocycles. The van der Waals surface area contributed by atoms with Crippen LogP contribution in [0.4, 0.5) is 0 Å². The molecule has 0 aliphatic rings. The van der Waals surface area contributed by atoms with Gasteiger partial charge in [-0.25, -0.2) is 0 Å². The Labute approximate surface area is 135 Å². The maximum Gasteiger partial charge on any atom is 0.119 e. The number of methoxy groups -OCH3 is 1. The molecule has 4 heteroatoms. The van der Waals surface area contributed by atoms with Gasteiger partial charge in [0.05, 0.1) is 25.4 Å². The summed E-state index contributed by atoms with van der Waals surface area (Å²) in [4.78, 5) is 2.26. The van der Waals surface area contributed by atoms with Crippen LogP contribution in [0.3, 0.4) is 0 Å². The van der Waals surface area contributed by atoms with E-state index in [4.69, 9.17) is 9.47 Å². The highest BCUT2D eigenvalue weighted by Crippen LogP contribution is 2.15. The summed E-state index contributed by atoms with van der Waals surface area (Å²) in [5, 5.41) is 10.2. The van der Waals surface area contributed by atoms with Crippen molar-refractivity contribution in [3.8, 4) is 5.75 Å². The van der Waals surface area contributed by atoms with Gasteiger partial charge in [0.2, 0.25) is 0 Å². The maximum absolute atomic E-state index is 10.2. The molecule has 0 aliphatic heterocycles. The van der Waals surface area contributed by atoms with Gasteiger partial charge >= 0.3 is 0 Å². The van der Waals surface area contributed by atoms with E-state index in [1.807, 2.05) is 39.0 Å². The van der Waals surface area contributed by atoms with Crippen LogP contribution in [0.2, 0.25) is 0 Å². The number of rotatable bonds is 9. The number of hydrogen-bond donors (Lipinski definition) is 1. The average Bonchev–Trinajstić information content (AvgIpc) is 2.45. The molecule has 0 spiro atoms. The lowest BCUT2D eigenvalue weighted by atomic mass is 10.1. The van der Waals surface area contributed by atoms with Crippen LogP contribution in [0.5, 0.6) is 5.75 Å². The molecule has 0 radical (unpaired) electrons. The van der Waals surface area contributed by atoms with E-state index in [0.717, 1.165) is 25.3 Å². The van der Waals surface area contributed by atoms with Gasteiger partial charge in [-0.3, -0.25) is 4.90 Å². The molecule has 4 nitrogen and oxygen atoms in total. The number of hydrogen-bond acceptors (Lipinski definition) is 4. The fraction of sp³-hybridized carbons (Fsp3) is 0.667. The quantitative estimate of drug-likeness (QED) is 0.761. The number of aliphatic hydroxyl groups excluding tert-OH is 1. The molecule has 0 fully saturated rings. The Morgan fingerprint density at radius 1 is 1.27 bits per heavy atom.